The van der Waals surface area contributed by atoms with E-state index < -0.39 is 28.9 Å². The van der Waals surface area contributed by atoms with Crippen LogP contribution in [-0.4, -0.2) is 34.2 Å². The summed E-state index contributed by atoms with van der Waals surface area (Å²) in [4.78, 5) is 16.0. The van der Waals surface area contributed by atoms with Crippen molar-refractivity contribution in [1.82, 2.24) is 20.5 Å². The maximum Gasteiger partial charge on any atom is 0.254 e. The Bertz CT molecular complexity index is 954. The smallest absolute Gasteiger partial charge is 0.254 e. The second kappa shape index (κ2) is 8.80. The highest BCUT2D eigenvalue weighted by Crippen LogP contribution is 2.15. The number of benzene rings is 1. The summed E-state index contributed by atoms with van der Waals surface area (Å²) in [6.45, 7) is 0.367. The number of rotatable bonds is 7. The minimum Gasteiger partial charge on any atom is -0.367 e. The molecule has 0 atom stereocenters. The van der Waals surface area contributed by atoms with Gasteiger partial charge in [-0.3, -0.25) is 4.79 Å². The summed E-state index contributed by atoms with van der Waals surface area (Å²) in [5.41, 5.74) is -0.566. The summed E-state index contributed by atoms with van der Waals surface area (Å²) in [6, 6.07) is 10.4. The van der Waals surface area contributed by atoms with Gasteiger partial charge in [-0.25, -0.2) is 18.2 Å². The second-order valence-corrected chi connectivity index (χ2v) is 5.55. The number of nitrogens with zero attached hydrogens (tertiary/aromatic N) is 3. The molecule has 144 valence electrons. The van der Waals surface area contributed by atoms with E-state index in [9.17, 15) is 18.0 Å². The third kappa shape index (κ3) is 4.72. The lowest BCUT2D eigenvalue weighted by atomic mass is 10.2. The van der Waals surface area contributed by atoms with Crippen molar-refractivity contribution in [1.29, 1.82) is 0 Å². The zero-order valence-electron chi connectivity index (χ0n) is 14.4. The first kappa shape index (κ1) is 19.1. The zero-order valence-corrected chi connectivity index (χ0v) is 14.4. The van der Waals surface area contributed by atoms with Gasteiger partial charge >= 0.3 is 0 Å². The first-order chi connectivity index (χ1) is 13.5. The summed E-state index contributed by atoms with van der Waals surface area (Å²) in [5, 5.41) is 16.3. The zero-order chi connectivity index (χ0) is 19.9. The fraction of sp³-hybridized carbons (Fsp3) is 0.111. The monoisotopic (exact) mass is 388 g/mol. The van der Waals surface area contributed by atoms with E-state index in [1.54, 1.807) is 30.5 Å². The van der Waals surface area contributed by atoms with Gasteiger partial charge in [0.2, 0.25) is 0 Å². The molecule has 0 aliphatic carbocycles. The van der Waals surface area contributed by atoms with Crippen LogP contribution in [0, 0.1) is 17.5 Å². The summed E-state index contributed by atoms with van der Waals surface area (Å²) >= 11 is 0. The van der Waals surface area contributed by atoms with Crippen LogP contribution in [0.5, 0.6) is 0 Å². The van der Waals surface area contributed by atoms with Crippen molar-refractivity contribution in [2.45, 2.75) is 0 Å². The Kier molecular flexibility index (Phi) is 6.00. The minimum atomic E-state index is -1.68. The molecule has 3 aromatic rings. The molecular weight excluding hydrogens is 373 g/mol. The van der Waals surface area contributed by atoms with E-state index in [1.807, 2.05) is 6.07 Å². The number of carbonyl (C=O) groups is 1. The number of carbonyl (C=O) groups excluding carboxylic acids is 1. The summed E-state index contributed by atoms with van der Waals surface area (Å²) in [6.07, 6.45) is 1.65. The molecule has 1 amide bonds. The third-order valence-corrected chi connectivity index (χ3v) is 3.58. The Morgan fingerprint density at radius 2 is 1.64 bits per heavy atom. The fourth-order valence-corrected chi connectivity index (χ4v) is 2.22. The number of aromatic nitrogens is 3. The van der Waals surface area contributed by atoms with Gasteiger partial charge < -0.3 is 16.0 Å². The van der Waals surface area contributed by atoms with Gasteiger partial charge in [-0.2, -0.15) is 0 Å². The predicted molar refractivity (Wildman–Crippen MR) is 96.7 cm³/mol. The normalized spacial score (nSPS) is 10.4. The Hall–Kier alpha value is -3.69. The molecule has 0 spiro atoms. The van der Waals surface area contributed by atoms with E-state index in [-0.39, 0.29) is 13.1 Å². The maximum atomic E-state index is 13.6. The van der Waals surface area contributed by atoms with Gasteiger partial charge in [0.05, 0.1) is 5.56 Å². The number of nitrogens with one attached hydrogen (secondary N) is 3. The Morgan fingerprint density at radius 1 is 0.857 bits per heavy atom. The molecule has 0 aliphatic rings. The third-order valence-electron chi connectivity index (χ3n) is 3.58. The maximum absolute atomic E-state index is 13.6. The molecule has 0 unspecified atom stereocenters. The summed E-state index contributed by atoms with van der Waals surface area (Å²) in [7, 11) is 0. The van der Waals surface area contributed by atoms with Gasteiger partial charge in [-0.05, 0) is 36.4 Å². The Balaban J connectivity index is 1.46. The number of hydrogen-bond donors (Lipinski definition) is 3. The van der Waals surface area contributed by atoms with E-state index in [2.05, 4.69) is 31.1 Å². The van der Waals surface area contributed by atoms with Crippen LogP contribution in [0.4, 0.5) is 30.6 Å². The number of anilines is 3. The van der Waals surface area contributed by atoms with E-state index in [0.29, 0.717) is 23.5 Å². The molecule has 10 heteroatoms. The first-order valence-corrected chi connectivity index (χ1v) is 8.22. The standard InChI is InChI=1S/C18H15F3N6O/c19-12-5-4-11(16(20)17(12)21)18(28)24-10-9-23-14-6-7-15(27-26-14)25-13-3-1-2-8-22-13/h1-8H,9-10H2,(H,23,26)(H,24,28)(H,22,25,27). The van der Waals surface area contributed by atoms with Gasteiger partial charge in [0.15, 0.2) is 23.3 Å². The number of halogens is 3. The quantitative estimate of drug-likeness (QED) is 0.426. The number of pyridine rings is 1. The van der Waals surface area contributed by atoms with Crippen LogP contribution in [0.25, 0.3) is 0 Å². The van der Waals surface area contributed by atoms with Crippen LogP contribution >= 0.6 is 0 Å². The highest BCUT2D eigenvalue weighted by Gasteiger charge is 2.18. The molecule has 0 aliphatic heterocycles. The van der Waals surface area contributed by atoms with Crippen LogP contribution in [0.1, 0.15) is 10.4 Å². The first-order valence-electron chi connectivity index (χ1n) is 8.22. The van der Waals surface area contributed by atoms with E-state index in [0.717, 1.165) is 6.07 Å². The lowest BCUT2D eigenvalue weighted by molar-refractivity contribution is 0.0950. The molecule has 2 heterocycles. The van der Waals surface area contributed by atoms with E-state index in [1.165, 1.54) is 0 Å². The topological polar surface area (TPSA) is 91.8 Å². The van der Waals surface area contributed by atoms with Crippen LogP contribution in [0.2, 0.25) is 0 Å². The molecular formula is C18H15F3N6O. The molecule has 1 aromatic carbocycles. The van der Waals surface area contributed by atoms with Crippen molar-refractivity contribution in [3.8, 4) is 0 Å². The lowest BCUT2D eigenvalue weighted by Gasteiger charge is -2.09. The molecule has 0 bridgehead atoms. The molecule has 0 saturated heterocycles. The summed E-state index contributed by atoms with van der Waals surface area (Å²) in [5.74, 6) is -3.81. The number of amides is 1. The van der Waals surface area contributed by atoms with Gasteiger partial charge in [0.1, 0.15) is 11.6 Å². The van der Waals surface area contributed by atoms with Crippen molar-refractivity contribution >= 4 is 23.4 Å². The van der Waals surface area contributed by atoms with Gasteiger partial charge in [0.25, 0.3) is 5.91 Å². The predicted octanol–water partition coefficient (Wildman–Crippen LogP) is 2.87. The minimum absolute atomic E-state index is 0.104. The Labute approximate surface area is 158 Å². The highest BCUT2D eigenvalue weighted by atomic mass is 19.2. The highest BCUT2D eigenvalue weighted by molar-refractivity contribution is 5.94. The van der Waals surface area contributed by atoms with Crippen molar-refractivity contribution < 1.29 is 18.0 Å². The molecule has 7 nitrogen and oxygen atoms in total. The SMILES string of the molecule is O=C(NCCNc1ccc(Nc2ccccn2)nn1)c1ccc(F)c(F)c1F. The molecule has 28 heavy (non-hydrogen) atoms. The van der Waals surface area contributed by atoms with Crippen LogP contribution in [0.3, 0.4) is 0 Å². The van der Waals surface area contributed by atoms with Crippen LogP contribution < -0.4 is 16.0 Å². The van der Waals surface area contributed by atoms with Crippen molar-refractivity contribution in [2.75, 3.05) is 23.7 Å². The van der Waals surface area contributed by atoms with Crippen molar-refractivity contribution in [2.24, 2.45) is 0 Å². The van der Waals surface area contributed by atoms with Gasteiger partial charge in [-0.15, -0.1) is 10.2 Å². The van der Waals surface area contributed by atoms with Crippen molar-refractivity contribution in [3.05, 3.63) is 71.7 Å². The molecule has 3 rings (SSSR count). The van der Waals surface area contributed by atoms with Gasteiger partial charge in [0, 0.05) is 19.3 Å². The molecule has 0 fully saturated rings. The summed E-state index contributed by atoms with van der Waals surface area (Å²) < 4.78 is 39.6. The molecule has 0 saturated carbocycles. The largest absolute Gasteiger partial charge is 0.367 e. The van der Waals surface area contributed by atoms with Crippen LogP contribution in [-0.2, 0) is 0 Å². The average molecular weight is 388 g/mol. The number of hydrogen-bond acceptors (Lipinski definition) is 6. The van der Waals surface area contributed by atoms with Crippen LogP contribution in [0.15, 0.2) is 48.7 Å². The van der Waals surface area contributed by atoms with E-state index in [4.69, 9.17) is 0 Å². The van der Waals surface area contributed by atoms with Gasteiger partial charge in [-0.1, -0.05) is 6.07 Å². The lowest BCUT2D eigenvalue weighted by Crippen LogP contribution is -2.29. The Morgan fingerprint density at radius 3 is 2.36 bits per heavy atom. The average Bonchev–Trinajstić information content (AvgIpc) is 2.71. The fourth-order valence-electron chi connectivity index (χ4n) is 2.22. The molecule has 2 aromatic heterocycles. The second-order valence-electron chi connectivity index (χ2n) is 5.55. The molecule has 3 N–H and O–H groups in total. The molecule has 0 radical (unpaired) electrons. The van der Waals surface area contributed by atoms with E-state index >= 15 is 0 Å². The van der Waals surface area contributed by atoms with Crippen molar-refractivity contribution in [3.63, 3.8) is 0 Å².